The zero-order chi connectivity index (χ0) is 35.4. The number of nitrogens with one attached hydrogen (secondary N) is 1. The molecule has 50 heavy (non-hydrogen) atoms. The summed E-state index contributed by atoms with van der Waals surface area (Å²) in [5, 5.41) is 14.7. The van der Waals surface area contributed by atoms with Crippen molar-refractivity contribution in [1.82, 2.24) is 10.2 Å². The van der Waals surface area contributed by atoms with Crippen LogP contribution in [0.15, 0.2) is 98.1 Å². The third kappa shape index (κ3) is 6.45. The molecular formula is C40H45N3O7. The van der Waals surface area contributed by atoms with Gasteiger partial charge in [-0.15, -0.1) is 13.2 Å². The first-order chi connectivity index (χ1) is 24.2. The molecule has 0 unspecified atom stereocenters. The molecule has 3 saturated heterocycles. The Morgan fingerprint density at radius 2 is 1.82 bits per heavy atom. The molecule has 7 atom stereocenters. The van der Waals surface area contributed by atoms with E-state index in [1.54, 1.807) is 24.0 Å². The summed E-state index contributed by atoms with van der Waals surface area (Å²) in [5.41, 5.74) is 0.101. The van der Waals surface area contributed by atoms with Crippen LogP contribution in [0.1, 0.15) is 50.7 Å². The standard InChI is InChI=1S/C40H45N3O7/c1-4-6-17-32(45)41-26(3)35(28-14-8-7-9-15-28)49-39(48)33-31-20-21-40(50-31)34(33)37(46)43(23-12-24-44)36(40)38(47)42(22-5-2)30-19-18-27-13-10-11-16-29(27)25-30/h4-5,7-11,13-16,18-19,25-26,31,33-36,44H,1-2,6,12,17,20-24H2,3H3,(H,41,45)/t26-,31-,33+,34+,35-,36-,40+/m1/s1. The Morgan fingerprint density at radius 3 is 2.54 bits per heavy atom. The highest BCUT2D eigenvalue weighted by Gasteiger charge is 2.75. The smallest absolute Gasteiger partial charge is 0.313 e. The van der Waals surface area contributed by atoms with Gasteiger partial charge in [-0.25, -0.2) is 0 Å². The number of anilines is 1. The Bertz CT molecular complexity index is 1760. The van der Waals surface area contributed by atoms with Crippen molar-refractivity contribution in [3.05, 3.63) is 104 Å². The maximum atomic E-state index is 14.8. The van der Waals surface area contributed by atoms with Crippen LogP contribution in [0.3, 0.4) is 0 Å². The molecule has 3 aromatic rings. The van der Waals surface area contributed by atoms with E-state index in [1.807, 2.05) is 72.8 Å². The van der Waals surface area contributed by atoms with E-state index in [0.29, 0.717) is 30.5 Å². The van der Waals surface area contributed by atoms with Crippen LogP contribution >= 0.6 is 0 Å². The summed E-state index contributed by atoms with van der Waals surface area (Å²) in [5.74, 6) is -3.39. The van der Waals surface area contributed by atoms with Crippen molar-refractivity contribution >= 4 is 40.2 Å². The van der Waals surface area contributed by atoms with Gasteiger partial charge in [-0.2, -0.15) is 0 Å². The second kappa shape index (κ2) is 15.0. The predicted octanol–water partition coefficient (Wildman–Crippen LogP) is 4.87. The van der Waals surface area contributed by atoms with E-state index in [4.69, 9.17) is 9.47 Å². The number of hydrogen-bond acceptors (Lipinski definition) is 7. The third-order valence-corrected chi connectivity index (χ3v) is 10.3. The number of aliphatic hydroxyl groups excluding tert-OH is 1. The van der Waals surface area contributed by atoms with Crippen molar-refractivity contribution in [1.29, 1.82) is 0 Å². The van der Waals surface area contributed by atoms with Crippen LogP contribution in [-0.2, 0) is 28.7 Å². The summed E-state index contributed by atoms with van der Waals surface area (Å²) in [6.07, 6.45) is 3.78. The number of benzene rings is 3. The van der Waals surface area contributed by atoms with E-state index in [9.17, 15) is 24.3 Å². The van der Waals surface area contributed by atoms with Gasteiger partial charge in [-0.3, -0.25) is 19.2 Å². The number of rotatable bonds is 15. The maximum absolute atomic E-state index is 14.8. The highest BCUT2D eigenvalue weighted by Crippen LogP contribution is 2.59. The molecule has 6 rings (SSSR count). The second-order valence-electron chi connectivity index (χ2n) is 13.4. The number of ether oxygens (including phenoxy) is 2. The molecule has 3 aliphatic rings. The molecule has 3 amide bonds. The van der Waals surface area contributed by atoms with Gasteiger partial charge in [-0.05, 0) is 61.1 Å². The van der Waals surface area contributed by atoms with Crippen LogP contribution in [0.25, 0.3) is 10.8 Å². The predicted molar refractivity (Wildman–Crippen MR) is 190 cm³/mol. The summed E-state index contributed by atoms with van der Waals surface area (Å²) in [7, 11) is 0. The monoisotopic (exact) mass is 679 g/mol. The van der Waals surface area contributed by atoms with E-state index >= 15 is 0 Å². The van der Waals surface area contributed by atoms with Gasteiger partial charge < -0.3 is 29.7 Å². The van der Waals surface area contributed by atoms with Crippen LogP contribution in [0.2, 0.25) is 0 Å². The lowest BCUT2D eigenvalue weighted by Gasteiger charge is -2.37. The van der Waals surface area contributed by atoms with Crippen LogP contribution in [0, 0.1) is 11.8 Å². The van der Waals surface area contributed by atoms with Gasteiger partial charge in [0, 0.05) is 31.8 Å². The van der Waals surface area contributed by atoms with Gasteiger partial charge in [0.2, 0.25) is 11.8 Å². The summed E-state index contributed by atoms with van der Waals surface area (Å²) in [4.78, 5) is 59.3. The van der Waals surface area contributed by atoms with Crippen LogP contribution in [-0.4, -0.2) is 77.2 Å². The summed E-state index contributed by atoms with van der Waals surface area (Å²) < 4.78 is 12.9. The summed E-state index contributed by atoms with van der Waals surface area (Å²) >= 11 is 0. The first-order valence-electron chi connectivity index (χ1n) is 17.4. The van der Waals surface area contributed by atoms with E-state index in [-0.39, 0.29) is 50.3 Å². The fourth-order valence-corrected chi connectivity index (χ4v) is 8.07. The van der Waals surface area contributed by atoms with Crippen LogP contribution in [0.4, 0.5) is 5.69 Å². The van der Waals surface area contributed by atoms with Crippen molar-refractivity contribution < 1.29 is 33.8 Å². The van der Waals surface area contributed by atoms with Gasteiger partial charge in [-0.1, -0.05) is 72.8 Å². The molecule has 0 aliphatic carbocycles. The van der Waals surface area contributed by atoms with Gasteiger partial charge >= 0.3 is 5.97 Å². The van der Waals surface area contributed by atoms with Crippen LogP contribution in [0.5, 0.6) is 0 Å². The van der Waals surface area contributed by atoms with Gasteiger partial charge in [0.05, 0.1) is 24.0 Å². The van der Waals surface area contributed by atoms with Crippen molar-refractivity contribution in [2.75, 3.05) is 24.6 Å². The maximum Gasteiger partial charge on any atom is 0.313 e. The Kier molecular flexibility index (Phi) is 10.5. The van der Waals surface area contributed by atoms with Gasteiger partial charge in [0.25, 0.3) is 5.91 Å². The van der Waals surface area contributed by atoms with Crippen molar-refractivity contribution in [3.8, 4) is 0 Å². The minimum Gasteiger partial charge on any atom is -0.455 e. The lowest BCUT2D eigenvalue weighted by molar-refractivity contribution is -0.162. The van der Waals surface area contributed by atoms with Gasteiger partial charge in [0.15, 0.2) is 0 Å². The molecule has 0 saturated carbocycles. The molecule has 1 spiro atoms. The highest BCUT2D eigenvalue weighted by atomic mass is 16.6. The molecule has 10 nitrogen and oxygen atoms in total. The molecule has 2 N–H and O–H groups in total. The Hall–Kier alpha value is -4.80. The Balaban J connectivity index is 1.32. The molecule has 3 aromatic carbocycles. The first kappa shape index (κ1) is 35.0. The van der Waals surface area contributed by atoms with Gasteiger partial charge in [0.1, 0.15) is 17.7 Å². The van der Waals surface area contributed by atoms with E-state index < -0.39 is 47.7 Å². The van der Waals surface area contributed by atoms with Crippen molar-refractivity contribution in [3.63, 3.8) is 0 Å². The van der Waals surface area contributed by atoms with Crippen molar-refractivity contribution in [2.24, 2.45) is 11.8 Å². The number of allylic oxidation sites excluding steroid dienone is 1. The molecule has 3 fully saturated rings. The Morgan fingerprint density at radius 1 is 1.08 bits per heavy atom. The molecule has 0 radical (unpaired) electrons. The minimum atomic E-state index is -1.25. The summed E-state index contributed by atoms with van der Waals surface area (Å²) in [6, 6.07) is 21.2. The molecule has 0 aromatic heterocycles. The zero-order valence-electron chi connectivity index (χ0n) is 28.4. The van der Waals surface area contributed by atoms with Crippen LogP contribution < -0.4 is 10.2 Å². The summed E-state index contributed by atoms with van der Waals surface area (Å²) in [6.45, 7) is 9.50. The van der Waals surface area contributed by atoms with E-state index in [0.717, 1.165) is 10.8 Å². The Labute approximate surface area is 292 Å². The number of likely N-dealkylation sites (tertiary alicyclic amines) is 1. The lowest BCUT2D eigenvalue weighted by atomic mass is 9.70. The van der Waals surface area contributed by atoms with E-state index in [2.05, 4.69) is 18.5 Å². The number of nitrogens with zero attached hydrogens (tertiary/aromatic N) is 2. The first-order valence-corrected chi connectivity index (χ1v) is 17.4. The molecule has 3 heterocycles. The SMILES string of the molecule is C=CCCC(=O)N[C@H](C)[C@@H](OC(=O)[C@@H]1[C@H]2C(=O)N(CCCO)[C@H](C(=O)N(CC=C)c3ccc4ccccc4c3)[C@]23CC[C@H]1O3)c1ccccc1. The molecule has 262 valence electrons. The largest absolute Gasteiger partial charge is 0.455 e. The van der Waals surface area contributed by atoms with E-state index in [1.165, 1.54) is 4.90 Å². The number of aliphatic hydroxyl groups is 1. The normalized spacial score (nSPS) is 24.8. The molecule has 3 aliphatic heterocycles. The fourth-order valence-electron chi connectivity index (χ4n) is 8.07. The topological polar surface area (TPSA) is 125 Å². The van der Waals surface area contributed by atoms with Crippen molar-refractivity contribution in [2.45, 2.75) is 68.9 Å². The third-order valence-electron chi connectivity index (χ3n) is 10.3. The number of hydrogen-bond donors (Lipinski definition) is 2. The number of carbonyl (C=O) groups excluding carboxylic acids is 4. The second-order valence-corrected chi connectivity index (χ2v) is 13.4. The average molecular weight is 680 g/mol. The number of carbonyl (C=O) groups is 4. The number of esters is 1. The lowest BCUT2D eigenvalue weighted by Crippen LogP contribution is -2.56. The molecular weight excluding hydrogens is 634 g/mol. The zero-order valence-corrected chi connectivity index (χ0v) is 28.4. The minimum absolute atomic E-state index is 0.125. The quantitative estimate of drug-likeness (QED) is 0.174. The highest BCUT2D eigenvalue weighted by molar-refractivity contribution is 6.05. The number of amides is 3. The average Bonchev–Trinajstić information content (AvgIpc) is 3.78. The molecule has 2 bridgehead atoms. The number of fused-ring (bicyclic) bond motifs is 2. The molecule has 10 heteroatoms. The fraction of sp³-hybridized carbons (Fsp3) is 0.400.